The van der Waals surface area contributed by atoms with Gasteiger partial charge in [-0.3, -0.25) is 4.99 Å². The normalized spacial score (nSPS) is 12.5. The van der Waals surface area contributed by atoms with Crippen LogP contribution in [0, 0.1) is 18.8 Å². The van der Waals surface area contributed by atoms with Crippen LogP contribution in [0.5, 0.6) is 0 Å². The van der Waals surface area contributed by atoms with Gasteiger partial charge in [0.15, 0.2) is 5.96 Å². The Bertz CT molecular complexity index is 761. The molecule has 0 saturated heterocycles. The average molecular weight is 542 g/mol. The van der Waals surface area contributed by atoms with Gasteiger partial charge in [0.25, 0.3) is 0 Å². The van der Waals surface area contributed by atoms with Crippen LogP contribution in [0.2, 0.25) is 0 Å². The standard InChI is InChI=1S/C24H39N5O.HI/c1-5-25-24(27-17-21(13-15-30)16-19(2)3)26-14-9-10-22-18-29(28-20(22)4)23-11-7-6-8-12-23;/h6-8,11-12,18-19,21,30H,5,9-10,13-17H2,1-4H3,(H2,25,26,27);1H. The molecule has 31 heavy (non-hydrogen) atoms. The van der Waals surface area contributed by atoms with Crippen molar-refractivity contribution in [2.24, 2.45) is 16.8 Å². The minimum Gasteiger partial charge on any atom is -0.396 e. The van der Waals surface area contributed by atoms with Crippen molar-refractivity contribution in [3.63, 3.8) is 0 Å². The molecule has 0 aliphatic carbocycles. The largest absolute Gasteiger partial charge is 0.396 e. The van der Waals surface area contributed by atoms with E-state index in [1.165, 1.54) is 5.56 Å². The zero-order valence-corrected chi connectivity index (χ0v) is 21.8. The van der Waals surface area contributed by atoms with E-state index in [0.717, 1.165) is 62.7 Å². The lowest BCUT2D eigenvalue weighted by Crippen LogP contribution is -2.38. The van der Waals surface area contributed by atoms with E-state index in [-0.39, 0.29) is 30.6 Å². The van der Waals surface area contributed by atoms with Gasteiger partial charge in [-0.05, 0) is 69.1 Å². The van der Waals surface area contributed by atoms with Crippen LogP contribution in [0.1, 0.15) is 51.3 Å². The van der Waals surface area contributed by atoms with Gasteiger partial charge in [-0.1, -0.05) is 32.0 Å². The van der Waals surface area contributed by atoms with Crippen LogP contribution in [0.3, 0.4) is 0 Å². The number of para-hydroxylation sites is 1. The monoisotopic (exact) mass is 541 g/mol. The highest BCUT2D eigenvalue weighted by molar-refractivity contribution is 14.0. The van der Waals surface area contributed by atoms with Crippen LogP contribution in [0.25, 0.3) is 5.69 Å². The Morgan fingerprint density at radius 3 is 2.58 bits per heavy atom. The van der Waals surface area contributed by atoms with E-state index in [4.69, 9.17) is 4.99 Å². The first kappa shape index (κ1) is 27.4. The highest BCUT2D eigenvalue weighted by Crippen LogP contribution is 2.16. The van der Waals surface area contributed by atoms with Crippen LogP contribution < -0.4 is 10.6 Å². The molecule has 7 heteroatoms. The number of nitrogens with one attached hydrogen (secondary N) is 2. The summed E-state index contributed by atoms with van der Waals surface area (Å²) in [6, 6.07) is 10.2. The average Bonchev–Trinajstić information content (AvgIpc) is 3.10. The highest BCUT2D eigenvalue weighted by atomic mass is 127. The predicted molar refractivity (Wildman–Crippen MR) is 141 cm³/mol. The number of aliphatic hydroxyl groups excluding tert-OH is 1. The summed E-state index contributed by atoms with van der Waals surface area (Å²) in [4.78, 5) is 4.76. The number of aromatic nitrogens is 2. The quantitative estimate of drug-likeness (QED) is 0.162. The molecule has 0 bridgehead atoms. The Hall–Kier alpha value is -1.61. The summed E-state index contributed by atoms with van der Waals surface area (Å²) in [5.74, 6) is 1.91. The molecule has 3 N–H and O–H groups in total. The molecule has 1 atom stereocenters. The number of aliphatic hydroxyl groups is 1. The lowest BCUT2D eigenvalue weighted by atomic mass is 9.94. The molecule has 0 radical (unpaired) electrons. The second-order valence-corrected chi connectivity index (χ2v) is 8.28. The van der Waals surface area contributed by atoms with Gasteiger partial charge in [-0.25, -0.2) is 4.68 Å². The molecule has 0 amide bonds. The van der Waals surface area contributed by atoms with Crippen LogP contribution in [-0.4, -0.2) is 47.1 Å². The summed E-state index contributed by atoms with van der Waals surface area (Å²) in [6.07, 6.45) is 6.03. The number of hydrogen-bond acceptors (Lipinski definition) is 3. The Morgan fingerprint density at radius 2 is 1.94 bits per heavy atom. The van der Waals surface area contributed by atoms with Crippen LogP contribution >= 0.6 is 24.0 Å². The molecule has 6 nitrogen and oxygen atoms in total. The summed E-state index contributed by atoms with van der Waals surface area (Å²) >= 11 is 0. The van der Waals surface area contributed by atoms with Crippen molar-refractivity contribution in [1.29, 1.82) is 0 Å². The number of rotatable bonds is 12. The number of aryl methyl sites for hydroxylation is 2. The van der Waals surface area contributed by atoms with Gasteiger partial charge in [-0.15, -0.1) is 24.0 Å². The first-order valence-corrected chi connectivity index (χ1v) is 11.3. The molecule has 0 spiro atoms. The zero-order valence-electron chi connectivity index (χ0n) is 19.5. The summed E-state index contributed by atoms with van der Waals surface area (Å²) < 4.78 is 1.96. The molecule has 174 valence electrons. The molecule has 1 aromatic carbocycles. The number of hydrogen-bond donors (Lipinski definition) is 3. The number of aliphatic imine (C=N–C) groups is 1. The van der Waals surface area contributed by atoms with E-state index in [0.29, 0.717) is 11.8 Å². The van der Waals surface area contributed by atoms with Gasteiger partial charge in [-0.2, -0.15) is 5.10 Å². The highest BCUT2D eigenvalue weighted by Gasteiger charge is 2.11. The molecule has 1 unspecified atom stereocenters. The maximum atomic E-state index is 9.31. The number of halogens is 1. The summed E-state index contributed by atoms with van der Waals surface area (Å²) in [7, 11) is 0. The second kappa shape index (κ2) is 15.2. The van der Waals surface area contributed by atoms with Crippen molar-refractivity contribution in [2.45, 2.75) is 53.4 Å². The maximum absolute atomic E-state index is 9.31. The topological polar surface area (TPSA) is 74.5 Å². The first-order chi connectivity index (χ1) is 14.5. The van der Waals surface area contributed by atoms with Crippen molar-refractivity contribution in [3.05, 3.63) is 47.8 Å². The van der Waals surface area contributed by atoms with Gasteiger partial charge in [0.05, 0.1) is 11.4 Å². The smallest absolute Gasteiger partial charge is 0.191 e. The van der Waals surface area contributed by atoms with E-state index in [2.05, 4.69) is 61.8 Å². The van der Waals surface area contributed by atoms with Gasteiger partial charge < -0.3 is 15.7 Å². The van der Waals surface area contributed by atoms with Crippen LogP contribution in [0.4, 0.5) is 0 Å². The molecular formula is C24H40IN5O. The molecule has 0 saturated carbocycles. The Kier molecular flexibility index (Phi) is 13.5. The first-order valence-electron chi connectivity index (χ1n) is 11.3. The fourth-order valence-corrected chi connectivity index (χ4v) is 3.63. The van der Waals surface area contributed by atoms with Crippen molar-refractivity contribution in [2.75, 3.05) is 26.2 Å². The molecule has 0 aliphatic heterocycles. The van der Waals surface area contributed by atoms with Gasteiger partial charge in [0, 0.05) is 32.4 Å². The van der Waals surface area contributed by atoms with Gasteiger partial charge >= 0.3 is 0 Å². The van der Waals surface area contributed by atoms with Crippen LogP contribution in [0.15, 0.2) is 41.5 Å². The van der Waals surface area contributed by atoms with Gasteiger partial charge in [0.1, 0.15) is 0 Å². The van der Waals surface area contributed by atoms with Gasteiger partial charge in [0.2, 0.25) is 0 Å². The Morgan fingerprint density at radius 1 is 1.19 bits per heavy atom. The fourth-order valence-electron chi connectivity index (χ4n) is 3.63. The lowest BCUT2D eigenvalue weighted by Gasteiger charge is -2.17. The molecule has 0 aliphatic rings. The SMILES string of the molecule is CCNC(=NCC(CCO)CC(C)C)NCCCc1cn(-c2ccccc2)nc1C.I. The van der Waals surface area contributed by atoms with Crippen molar-refractivity contribution in [3.8, 4) is 5.69 Å². The fraction of sp³-hybridized carbons (Fsp3) is 0.583. The van der Waals surface area contributed by atoms with Crippen molar-refractivity contribution in [1.82, 2.24) is 20.4 Å². The molecule has 1 heterocycles. The van der Waals surface area contributed by atoms with E-state index < -0.39 is 0 Å². The summed E-state index contributed by atoms with van der Waals surface area (Å²) in [5.41, 5.74) is 3.45. The van der Waals surface area contributed by atoms with E-state index in [1.54, 1.807) is 0 Å². The number of nitrogens with zero attached hydrogens (tertiary/aromatic N) is 3. The van der Waals surface area contributed by atoms with Crippen molar-refractivity contribution >= 4 is 29.9 Å². The third-order valence-corrected chi connectivity index (χ3v) is 5.13. The predicted octanol–water partition coefficient (Wildman–Crippen LogP) is 4.33. The molecule has 1 aromatic heterocycles. The molecule has 2 aromatic rings. The molecular weight excluding hydrogens is 501 g/mol. The maximum Gasteiger partial charge on any atom is 0.191 e. The minimum atomic E-state index is 0. The Labute approximate surface area is 205 Å². The number of benzene rings is 1. The zero-order chi connectivity index (χ0) is 21.8. The third-order valence-electron chi connectivity index (χ3n) is 5.13. The summed E-state index contributed by atoms with van der Waals surface area (Å²) in [5, 5.41) is 20.7. The van der Waals surface area contributed by atoms with Crippen molar-refractivity contribution < 1.29 is 5.11 Å². The second-order valence-electron chi connectivity index (χ2n) is 8.28. The molecule has 2 rings (SSSR count). The van der Waals surface area contributed by atoms with E-state index >= 15 is 0 Å². The summed E-state index contributed by atoms with van der Waals surface area (Å²) in [6.45, 7) is 11.3. The van der Waals surface area contributed by atoms with E-state index in [1.807, 2.05) is 22.9 Å². The Balaban J connectivity index is 0.00000480. The third kappa shape index (κ3) is 10.0. The lowest BCUT2D eigenvalue weighted by molar-refractivity contribution is 0.245. The van der Waals surface area contributed by atoms with Crippen LogP contribution in [-0.2, 0) is 6.42 Å². The molecule has 0 fully saturated rings. The minimum absolute atomic E-state index is 0. The van der Waals surface area contributed by atoms with E-state index in [9.17, 15) is 5.11 Å². The number of guanidine groups is 1.